The molecule has 3 fully saturated rings. The minimum absolute atomic E-state index is 0.0499. The highest BCUT2D eigenvalue weighted by Crippen LogP contribution is 2.56. The fourth-order valence-corrected chi connectivity index (χ4v) is 7.49. The van der Waals surface area contributed by atoms with Crippen molar-refractivity contribution in [2.75, 3.05) is 33.0 Å². The van der Waals surface area contributed by atoms with Crippen molar-refractivity contribution in [1.82, 2.24) is 0 Å². The summed E-state index contributed by atoms with van der Waals surface area (Å²) in [6, 6.07) is 0. The van der Waals surface area contributed by atoms with Gasteiger partial charge in [0.05, 0.1) is 57.5 Å². The lowest BCUT2D eigenvalue weighted by molar-refractivity contribution is 0.00317. The standard InChI is InChI=1S/2C7H15O4P.C5H11O4P/c2*1-4-9-12(8)10-6(2)5-7(3)11-12;1-2-7-10(6)8-4-3-5-9-10/h2*6-7H,4-5H2,1-3H3;2-5H2,1H3/t6-,7-;;/m0../s1. The number of hydrogen-bond acceptors (Lipinski definition) is 12. The molecule has 0 radical (unpaired) electrons. The van der Waals surface area contributed by atoms with Gasteiger partial charge in [0.2, 0.25) is 0 Å². The summed E-state index contributed by atoms with van der Waals surface area (Å²) in [6.07, 6.45) is 2.11. The Labute approximate surface area is 203 Å². The van der Waals surface area contributed by atoms with E-state index in [1.165, 1.54) is 0 Å². The van der Waals surface area contributed by atoms with Gasteiger partial charge in [-0.25, -0.2) is 13.7 Å². The minimum atomic E-state index is -3.23. The van der Waals surface area contributed by atoms with Crippen molar-refractivity contribution in [2.45, 2.75) is 92.1 Å². The van der Waals surface area contributed by atoms with Gasteiger partial charge in [0, 0.05) is 12.8 Å². The number of phosphoric ester groups is 3. The van der Waals surface area contributed by atoms with Crippen LogP contribution >= 0.6 is 23.5 Å². The van der Waals surface area contributed by atoms with Crippen molar-refractivity contribution in [1.29, 1.82) is 0 Å². The zero-order chi connectivity index (χ0) is 25.8. The molecule has 3 rings (SSSR count). The van der Waals surface area contributed by atoms with E-state index < -0.39 is 23.5 Å². The first-order valence-electron chi connectivity index (χ1n) is 11.6. The lowest BCUT2D eigenvalue weighted by Gasteiger charge is -2.30. The van der Waals surface area contributed by atoms with Gasteiger partial charge in [-0.05, 0) is 54.9 Å². The first kappa shape index (κ1) is 32.4. The highest BCUT2D eigenvalue weighted by atomic mass is 31.2. The monoisotopic (exact) mass is 554 g/mol. The zero-order valence-electron chi connectivity index (χ0n) is 21.2. The Kier molecular flexibility index (Phi) is 14.8. The van der Waals surface area contributed by atoms with Gasteiger partial charge in [0.15, 0.2) is 0 Å². The molecule has 0 spiro atoms. The highest BCUT2D eigenvalue weighted by molar-refractivity contribution is 7.49. The van der Waals surface area contributed by atoms with Gasteiger partial charge in [-0.3, -0.25) is 40.7 Å². The third-order valence-electron chi connectivity index (χ3n) is 4.21. The van der Waals surface area contributed by atoms with Crippen molar-refractivity contribution in [3.8, 4) is 0 Å². The molecule has 3 heterocycles. The van der Waals surface area contributed by atoms with E-state index in [4.69, 9.17) is 40.7 Å². The summed E-state index contributed by atoms with van der Waals surface area (Å²) in [4.78, 5) is 0. The Bertz CT molecular complexity index is 632. The van der Waals surface area contributed by atoms with Crippen LogP contribution in [0.1, 0.15) is 67.7 Å². The van der Waals surface area contributed by atoms with E-state index in [-0.39, 0.29) is 24.4 Å². The van der Waals surface area contributed by atoms with Gasteiger partial charge in [0.1, 0.15) is 0 Å². The van der Waals surface area contributed by atoms with Crippen LogP contribution in [0.2, 0.25) is 0 Å². The molecule has 12 nitrogen and oxygen atoms in total. The average Bonchev–Trinajstić information content (AvgIpc) is 2.67. The normalized spacial score (nSPS) is 37.5. The summed E-state index contributed by atoms with van der Waals surface area (Å²) in [5, 5.41) is 0. The quantitative estimate of drug-likeness (QED) is 0.343. The molecular weight excluding hydrogens is 513 g/mol. The molecule has 0 aliphatic carbocycles. The van der Waals surface area contributed by atoms with E-state index in [9.17, 15) is 13.7 Å². The molecule has 3 aliphatic rings. The zero-order valence-corrected chi connectivity index (χ0v) is 23.9. The molecule has 204 valence electrons. The smallest absolute Gasteiger partial charge is 0.287 e. The molecule has 0 aromatic carbocycles. The van der Waals surface area contributed by atoms with Gasteiger partial charge < -0.3 is 0 Å². The Balaban J connectivity index is 0.000000256. The molecular formula is C19H41O12P3. The van der Waals surface area contributed by atoms with Crippen molar-refractivity contribution in [3.05, 3.63) is 0 Å². The minimum Gasteiger partial charge on any atom is -0.287 e. The van der Waals surface area contributed by atoms with Crippen LogP contribution in [0, 0.1) is 0 Å². The second-order valence-electron chi connectivity index (χ2n) is 7.75. The van der Waals surface area contributed by atoms with Gasteiger partial charge in [-0.1, -0.05) is 0 Å². The molecule has 0 aromatic rings. The summed E-state index contributed by atoms with van der Waals surface area (Å²) in [5.74, 6) is 0. The van der Waals surface area contributed by atoms with E-state index in [1.54, 1.807) is 20.8 Å². The van der Waals surface area contributed by atoms with E-state index in [0.717, 1.165) is 19.3 Å². The molecule has 0 N–H and O–H groups in total. The lowest BCUT2D eigenvalue weighted by atomic mass is 10.2. The number of phosphoric acid groups is 3. The molecule has 0 amide bonds. The fourth-order valence-electron chi connectivity index (χ4n) is 3.16. The summed E-state index contributed by atoms with van der Waals surface area (Å²) in [6.45, 7) is 14.7. The van der Waals surface area contributed by atoms with E-state index >= 15 is 0 Å². The van der Waals surface area contributed by atoms with E-state index in [1.807, 2.05) is 27.7 Å². The first-order chi connectivity index (χ1) is 15.9. The molecule has 3 saturated heterocycles. The predicted octanol–water partition coefficient (Wildman–Crippen LogP) is 6.26. The van der Waals surface area contributed by atoms with Crippen LogP contribution in [0.15, 0.2) is 0 Å². The number of rotatable bonds is 6. The molecule has 0 bridgehead atoms. The third-order valence-corrected chi connectivity index (χ3v) is 9.41. The second kappa shape index (κ2) is 15.6. The maximum atomic E-state index is 11.6. The first-order valence-corrected chi connectivity index (χ1v) is 16.0. The van der Waals surface area contributed by atoms with Crippen LogP contribution in [-0.2, 0) is 54.4 Å². The number of hydrogen-bond donors (Lipinski definition) is 0. The van der Waals surface area contributed by atoms with Gasteiger partial charge in [-0.2, -0.15) is 0 Å². The van der Waals surface area contributed by atoms with Crippen molar-refractivity contribution in [3.63, 3.8) is 0 Å². The lowest BCUT2D eigenvalue weighted by Crippen LogP contribution is -2.24. The summed E-state index contributed by atoms with van der Waals surface area (Å²) < 4.78 is 79.0. The van der Waals surface area contributed by atoms with Crippen LogP contribution in [0.3, 0.4) is 0 Å². The highest BCUT2D eigenvalue weighted by Gasteiger charge is 2.37. The van der Waals surface area contributed by atoms with Gasteiger partial charge in [0.25, 0.3) is 0 Å². The van der Waals surface area contributed by atoms with Crippen LogP contribution in [-0.4, -0.2) is 57.5 Å². The maximum Gasteiger partial charge on any atom is 0.475 e. The summed E-state index contributed by atoms with van der Waals surface area (Å²) in [7, 11) is -9.56. The molecule has 3 aliphatic heterocycles. The van der Waals surface area contributed by atoms with Crippen molar-refractivity contribution in [2.24, 2.45) is 0 Å². The maximum absolute atomic E-state index is 11.6. The fraction of sp³-hybridized carbons (Fsp3) is 1.00. The van der Waals surface area contributed by atoms with Crippen molar-refractivity contribution >= 4 is 23.5 Å². The average molecular weight is 554 g/mol. The SMILES string of the molecule is CCOP1(=O)OC(C)CC(C)O1.CCOP1(=O)OCCCO1.CCOP1(=O)O[C@@H](C)C[C@H](C)O1. The van der Waals surface area contributed by atoms with Crippen LogP contribution in [0.5, 0.6) is 0 Å². The molecule has 2 unspecified atom stereocenters. The van der Waals surface area contributed by atoms with Crippen LogP contribution < -0.4 is 0 Å². The van der Waals surface area contributed by atoms with Crippen molar-refractivity contribution < 1.29 is 54.4 Å². The van der Waals surface area contributed by atoms with Crippen LogP contribution in [0.4, 0.5) is 0 Å². The molecule has 34 heavy (non-hydrogen) atoms. The van der Waals surface area contributed by atoms with Gasteiger partial charge in [-0.15, -0.1) is 0 Å². The Morgan fingerprint density at radius 2 is 0.882 bits per heavy atom. The van der Waals surface area contributed by atoms with Gasteiger partial charge >= 0.3 is 23.5 Å². The summed E-state index contributed by atoms with van der Waals surface area (Å²) >= 11 is 0. The molecule has 15 heteroatoms. The largest absolute Gasteiger partial charge is 0.475 e. The Morgan fingerprint density at radius 3 is 1.18 bits per heavy atom. The Morgan fingerprint density at radius 1 is 0.588 bits per heavy atom. The Hall–Kier alpha value is 0.330. The third kappa shape index (κ3) is 12.5. The van der Waals surface area contributed by atoms with E-state index in [0.29, 0.717) is 33.0 Å². The molecule has 0 aromatic heterocycles. The topological polar surface area (TPSA) is 134 Å². The second-order valence-corrected chi connectivity index (χ2v) is 12.6. The predicted molar refractivity (Wildman–Crippen MR) is 126 cm³/mol. The summed E-state index contributed by atoms with van der Waals surface area (Å²) in [5.41, 5.74) is 0. The van der Waals surface area contributed by atoms with E-state index in [2.05, 4.69) is 0 Å². The molecule has 0 saturated carbocycles. The van der Waals surface area contributed by atoms with Crippen LogP contribution in [0.25, 0.3) is 0 Å². The molecule has 4 atom stereocenters.